The summed E-state index contributed by atoms with van der Waals surface area (Å²) < 4.78 is 5.53. The van der Waals surface area contributed by atoms with Gasteiger partial charge in [0.2, 0.25) is 5.88 Å². The lowest BCUT2D eigenvalue weighted by atomic mass is 10.1. The second kappa shape index (κ2) is 4.76. The van der Waals surface area contributed by atoms with Crippen LogP contribution in [0.1, 0.15) is 12.0 Å². The predicted molar refractivity (Wildman–Crippen MR) is 55.4 cm³/mol. The standard InChI is InChI=1S/C11H13N3O/c12-6-9-2-4-14-11(5-9)15-8-10-1-3-13-7-10/h2,4-5,10,13H,1,3,7-8H2. The monoisotopic (exact) mass is 203 g/mol. The Kier molecular flexibility index (Phi) is 3.15. The second-order valence-corrected chi connectivity index (χ2v) is 3.66. The molecule has 0 bridgehead atoms. The first kappa shape index (κ1) is 9.94. The maximum Gasteiger partial charge on any atom is 0.214 e. The van der Waals surface area contributed by atoms with Gasteiger partial charge in [-0.3, -0.25) is 0 Å². The molecule has 1 aromatic rings. The van der Waals surface area contributed by atoms with Gasteiger partial charge in [-0.1, -0.05) is 0 Å². The van der Waals surface area contributed by atoms with E-state index < -0.39 is 0 Å². The van der Waals surface area contributed by atoms with Crippen LogP contribution in [0.15, 0.2) is 18.3 Å². The molecule has 78 valence electrons. The summed E-state index contributed by atoms with van der Waals surface area (Å²) in [5, 5.41) is 12.0. The molecule has 15 heavy (non-hydrogen) atoms. The predicted octanol–water partition coefficient (Wildman–Crippen LogP) is 0.942. The molecule has 1 aliphatic rings. The Balaban J connectivity index is 1.90. The number of ether oxygens (including phenoxy) is 1. The molecule has 0 saturated carbocycles. The molecule has 4 nitrogen and oxygen atoms in total. The van der Waals surface area contributed by atoms with Crippen molar-refractivity contribution in [3.63, 3.8) is 0 Å². The molecule has 1 aromatic heterocycles. The molecule has 0 radical (unpaired) electrons. The highest BCUT2D eigenvalue weighted by Crippen LogP contribution is 2.12. The summed E-state index contributed by atoms with van der Waals surface area (Å²) in [4.78, 5) is 4.05. The number of pyridine rings is 1. The average molecular weight is 203 g/mol. The fourth-order valence-electron chi connectivity index (χ4n) is 1.62. The van der Waals surface area contributed by atoms with Crippen molar-refractivity contribution in [2.24, 2.45) is 5.92 Å². The minimum atomic E-state index is 0.543. The molecule has 1 atom stereocenters. The molecule has 4 heteroatoms. The molecule has 0 spiro atoms. The highest BCUT2D eigenvalue weighted by atomic mass is 16.5. The van der Waals surface area contributed by atoms with E-state index in [4.69, 9.17) is 10.00 Å². The first-order chi connectivity index (χ1) is 7.38. The summed E-state index contributed by atoms with van der Waals surface area (Å²) in [6.45, 7) is 2.76. The number of hydrogen-bond acceptors (Lipinski definition) is 4. The summed E-state index contributed by atoms with van der Waals surface area (Å²) in [6.07, 6.45) is 2.75. The van der Waals surface area contributed by atoms with Crippen LogP contribution in [0.4, 0.5) is 0 Å². The number of nitrogens with one attached hydrogen (secondary N) is 1. The van der Waals surface area contributed by atoms with Crippen molar-refractivity contribution < 1.29 is 4.74 Å². The minimum absolute atomic E-state index is 0.543. The Morgan fingerprint density at radius 3 is 3.33 bits per heavy atom. The maximum absolute atomic E-state index is 8.70. The van der Waals surface area contributed by atoms with Crippen molar-refractivity contribution in [1.29, 1.82) is 5.26 Å². The van der Waals surface area contributed by atoms with E-state index in [1.54, 1.807) is 18.3 Å². The van der Waals surface area contributed by atoms with E-state index in [0.29, 0.717) is 24.0 Å². The van der Waals surface area contributed by atoms with E-state index in [1.165, 1.54) is 0 Å². The van der Waals surface area contributed by atoms with Crippen LogP contribution >= 0.6 is 0 Å². The third-order valence-electron chi connectivity index (χ3n) is 2.49. The summed E-state index contributed by atoms with van der Waals surface area (Å²) >= 11 is 0. The number of nitrogens with zero attached hydrogens (tertiary/aromatic N) is 2. The topological polar surface area (TPSA) is 57.9 Å². The van der Waals surface area contributed by atoms with E-state index in [9.17, 15) is 0 Å². The highest BCUT2D eigenvalue weighted by Gasteiger charge is 2.15. The molecule has 1 fully saturated rings. The van der Waals surface area contributed by atoms with Crippen LogP contribution in [0, 0.1) is 17.2 Å². The molecule has 1 N–H and O–H groups in total. The van der Waals surface area contributed by atoms with Crippen LogP contribution in [0.25, 0.3) is 0 Å². The molecule has 1 unspecified atom stereocenters. The van der Waals surface area contributed by atoms with Crippen molar-refractivity contribution in [2.75, 3.05) is 19.7 Å². The maximum atomic E-state index is 8.70. The lowest BCUT2D eigenvalue weighted by Crippen LogP contribution is -2.15. The van der Waals surface area contributed by atoms with Gasteiger partial charge < -0.3 is 10.1 Å². The Morgan fingerprint density at radius 2 is 2.60 bits per heavy atom. The molecule has 2 heterocycles. The Bertz CT molecular complexity index is 366. The van der Waals surface area contributed by atoms with E-state index in [0.717, 1.165) is 19.5 Å². The van der Waals surface area contributed by atoms with E-state index in [2.05, 4.69) is 16.4 Å². The van der Waals surface area contributed by atoms with E-state index >= 15 is 0 Å². The number of hydrogen-bond donors (Lipinski definition) is 1. The second-order valence-electron chi connectivity index (χ2n) is 3.66. The van der Waals surface area contributed by atoms with Crippen molar-refractivity contribution in [2.45, 2.75) is 6.42 Å². The first-order valence-corrected chi connectivity index (χ1v) is 5.08. The van der Waals surface area contributed by atoms with Crippen LogP contribution in [-0.4, -0.2) is 24.7 Å². The quantitative estimate of drug-likeness (QED) is 0.794. The molecule has 0 amide bonds. The fraction of sp³-hybridized carbons (Fsp3) is 0.455. The summed E-state index contributed by atoms with van der Waals surface area (Å²) in [6, 6.07) is 5.40. The van der Waals surface area contributed by atoms with Gasteiger partial charge in [0.05, 0.1) is 18.2 Å². The van der Waals surface area contributed by atoms with Gasteiger partial charge in [0.15, 0.2) is 0 Å². The Labute approximate surface area is 88.9 Å². The van der Waals surface area contributed by atoms with Crippen molar-refractivity contribution in [3.8, 4) is 11.9 Å². The SMILES string of the molecule is N#Cc1ccnc(OCC2CCNC2)c1. The summed E-state index contributed by atoms with van der Waals surface area (Å²) in [5.41, 5.74) is 0.588. The van der Waals surface area contributed by atoms with Gasteiger partial charge in [0.1, 0.15) is 0 Å². The number of nitriles is 1. The fourth-order valence-corrected chi connectivity index (χ4v) is 1.62. The van der Waals surface area contributed by atoms with Gasteiger partial charge >= 0.3 is 0 Å². The average Bonchev–Trinajstić information content (AvgIpc) is 2.79. The van der Waals surface area contributed by atoms with Crippen LogP contribution < -0.4 is 10.1 Å². The minimum Gasteiger partial charge on any atom is -0.477 e. The highest BCUT2D eigenvalue weighted by molar-refractivity contribution is 5.31. The zero-order valence-electron chi connectivity index (χ0n) is 8.44. The van der Waals surface area contributed by atoms with E-state index in [-0.39, 0.29) is 0 Å². The van der Waals surface area contributed by atoms with Crippen LogP contribution in [-0.2, 0) is 0 Å². The number of aromatic nitrogens is 1. The number of rotatable bonds is 3. The molecule has 1 saturated heterocycles. The molecule has 0 aromatic carbocycles. The third kappa shape index (κ3) is 2.67. The summed E-state index contributed by atoms with van der Waals surface area (Å²) in [7, 11) is 0. The Hall–Kier alpha value is -1.60. The van der Waals surface area contributed by atoms with E-state index in [1.807, 2.05) is 0 Å². The normalized spacial score (nSPS) is 19.8. The first-order valence-electron chi connectivity index (χ1n) is 5.08. The third-order valence-corrected chi connectivity index (χ3v) is 2.49. The largest absolute Gasteiger partial charge is 0.477 e. The van der Waals surface area contributed by atoms with Crippen LogP contribution in [0.5, 0.6) is 5.88 Å². The molecular weight excluding hydrogens is 190 g/mol. The van der Waals surface area contributed by atoms with Crippen molar-refractivity contribution in [3.05, 3.63) is 23.9 Å². The molecule has 0 aliphatic carbocycles. The van der Waals surface area contributed by atoms with Crippen molar-refractivity contribution >= 4 is 0 Å². The van der Waals surface area contributed by atoms with Crippen LogP contribution in [0.2, 0.25) is 0 Å². The Morgan fingerprint density at radius 1 is 1.67 bits per heavy atom. The van der Waals surface area contributed by atoms with Gasteiger partial charge in [0, 0.05) is 24.7 Å². The molecule has 2 rings (SSSR count). The van der Waals surface area contributed by atoms with Gasteiger partial charge in [-0.05, 0) is 19.0 Å². The van der Waals surface area contributed by atoms with Gasteiger partial charge in [0.25, 0.3) is 0 Å². The zero-order chi connectivity index (χ0) is 10.5. The van der Waals surface area contributed by atoms with Gasteiger partial charge in [-0.25, -0.2) is 4.98 Å². The summed E-state index contributed by atoms with van der Waals surface area (Å²) in [5.74, 6) is 1.11. The van der Waals surface area contributed by atoms with Gasteiger partial charge in [-0.2, -0.15) is 5.26 Å². The zero-order valence-corrected chi connectivity index (χ0v) is 8.44. The molecular formula is C11H13N3O. The van der Waals surface area contributed by atoms with Crippen molar-refractivity contribution in [1.82, 2.24) is 10.3 Å². The lowest BCUT2D eigenvalue weighted by molar-refractivity contribution is 0.251. The van der Waals surface area contributed by atoms with Crippen LogP contribution in [0.3, 0.4) is 0 Å². The lowest BCUT2D eigenvalue weighted by Gasteiger charge is -2.09. The molecule has 1 aliphatic heterocycles. The van der Waals surface area contributed by atoms with Gasteiger partial charge in [-0.15, -0.1) is 0 Å². The smallest absolute Gasteiger partial charge is 0.214 e.